The summed E-state index contributed by atoms with van der Waals surface area (Å²) in [4.78, 5) is 27.7. The number of hydrogen-bond acceptors (Lipinski definition) is 4. The number of aromatic hydroxyl groups is 1. The monoisotopic (exact) mass is 425 g/mol. The highest BCUT2D eigenvalue weighted by molar-refractivity contribution is 6.23. The minimum Gasteiger partial charge on any atom is -0.508 e. The largest absolute Gasteiger partial charge is 0.508 e. The third kappa shape index (κ3) is 4.30. The first-order valence-electron chi connectivity index (χ1n) is 12.1. The first-order valence-corrected chi connectivity index (χ1v) is 12.1. The second-order valence-corrected chi connectivity index (χ2v) is 9.36. The van der Waals surface area contributed by atoms with Crippen molar-refractivity contribution in [2.45, 2.75) is 89.3 Å². The standard InChI is InChI=1S/C26H35NO4/c1-2-3-4-5-6-7-8-9-10-11-17-26-18-16-21(31-26)22-23(26)25(30)27(24(22)29)19-12-14-20(28)15-13-19/h12-16,18,21-23,28H,2-11,17H2,1H3. The minimum absolute atomic E-state index is 0.116. The van der Waals surface area contributed by atoms with Gasteiger partial charge in [0.25, 0.3) is 0 Å². The molecule has 1 N–H and O–H groups in total. The van der Waals surface area contributed by atoms with Crippen molar-refractivity contribution in [3.8, 4) is 5.75 Å². The number of anilines is 1. The van der Waals surface area contributed by atoms with Crippen LogP contribution in [0.4, 0.5) is 5.69 Å². The van der Waals surface area contributed by atoms with Gasteiger partial charge in [0.15, 0.2) is 0 Å². The van der Waals surface area contributed by atoms with E-state index in [0.717, 1.165) is 19.3 Å². The van der Waals surface area contributed by atoms with Crippen LogP contribution in [0.5, 0.6) is 5.75 Å². The number of unbranched alkanes of at least 4 members (excludes halogenated alkanes) is 9. The minimum atomic E-state index is -0.631. The molecule has 0 radical (unpaired) electrons. The molecule has 1 aromatic rings. The Hall–Kier alpha value is -2.14. The van der Waals surface area contributed by atoms with Crippen LogP contribution in [0, 0.1) is 11.8 Å². The van der Waals surface area contributed by atoms with Gasteiger partial charge in [-0.25, -0.2) is 4.90 Å². The lowest BCUT2D eigenvalue weighted by Crippen LogP contribution is -2.40. The van der Waals surface area contributed by atoms with Crippen LogP contribution < -0.4 is 4.90 Å². The summed E-state index contributed by atoms with van der Waals surface area (Å²) in [6.07, 6.45) is 17.2. The van der Waals surface area contributed by atoms with Crippen molar-refractivity contribution in [3.63, 3.8) is 0 Å². The second-order valence-electron chi connectivity index (χ2n) is 9.36. The van der Waals surface area contributed by atoms with E-state index in [4.69, 9.17) is 4.74 Å². The number of nitrogens with zero attached hydrogens (tertiary/aromatic N) is 1. The van der Waals surface area contributed by atoms with Gasteiger partial charge in [0.1, 0.15) is 5.75 Å². The highest BCUT2D eigenvalue weighted by Gasteiger charge is 2.67. The van der Waals surface area contributed by atoms with Gasteiger partial charge in [0, 0.05) is 0 Å². The molecule has 0 spiro atoms. The molecule has 4 atom stereocenters. The van der Waals surface area contributed by atoms with Crippen molar-refractivity contribution in [2.75, 3.05) is 4.90 Å². The van der Waals surface area contributed by atoms with E-state index in [0.29, 0.717) is 5.69 Å². The molecular formula is C26H35NO4. The Labute approximate surface area is 185 Å². The van der Waals surface area contributed by atoms with E-state index in [-0.39, 0.29) is 23.7 Å². The van der Waals surface area contributed by atoms with E-state index >= 15 is 0 Å². The Balaban J connectivity index is 1.29. The number of amides is 2. The van der Waals surface area contributed by atoms with Crippen molar-refractivity contribution in [1.29, 1.82) is 0 Å². The summed E-state index contributed by atoms with van der Waals surface area (Å²) in [5.74, 6) is -1.08. The lowest BCUT2D eigenvalue weighted by molar-refractivity contribution is -0.126. The Morgan fingerprint density at radius 2 is 1.52 bits per heavy atom. The fourth-order valence-electron chi connectivity index (χ4n) is 5.54. The van der Waals surface area contributed by atoms with Crippen LogP contribution >= 0.6 is 0 Å². The number of phenolic OH excluding ortho intramolecular Hbond substituents is 1. The molecule has 0 aromatic heterocycles. The number of fused-ring (bicyclic) bond motifs is 5. The molecule has 2 fully saturated rings. The number of phenols is 1. The van der Waals surface area contributed by atoms with E-state index < -0.39 is 17.4 Å². The Morgan fingerprint density at radius 3 is 2.16 bits per heavy atom. The second kappa shape index (κ2) is 9.56. The maximum Gasteiger partial charge on any atom is 0.241 e. The summed E-state index contributed by atoms with van der Waals surface area (Å²) in [6, 6.07) is 6.26. The summed E-state index contributed by atoms with van der Waals surface area (Å²) in [5, 5.41) is 9.53. The van der Waals surface area contributed by atoms with Gasteiger partial charge in [-0.1, -0.05) is 83.3 Å². The zero-order valence-corrected chi connectivity index (χ0v) is 18.6. The maximum atomic E-state index is 13.3. The van der Waals surface area contributed by atoms with Crippen LogP contribution in [0.15, 0.2) is 36.4 Å². The van der Waals surface area contributed by atoms with Crippen LogP contribution in [-0.2, 0) is 14.3 Å². The number of ether oxygens (including phenoxy) is 1. The first kappa shape index (κ1) is 22.1. The molecule has 0 aliphatic carbocycles. The third-order valence-electron chi connectivity index (χ3n) is 7.18. The quantitative estimate of drug-likeness (QED) is 0.272. The Morgan fingerprint density at radius 1 is 0.903 bits per heavy atom. The molecule has 168 valence electrons. The predicted octanol–water partition coefficient (Wildman–Crippen LogP) is 5.52. The van der Waals surface area contributed by atoms with E-state index in [2.05, 4.69) is 6.92 Å². The van der Waals surface area contributed by atoms with Crippen molar-refractivity contribution >= 4 is 17.5 Å². The Bertz CT molecular complexity index is 817. The summed E-state index contributed by atoms with van der Waals surface area (Å²) in [7, 11) is 0. The van der Waals surface area contributed by atoms with Crippen LogP contribution in [-0.4, -0.2) is 28.6 Å². The van der Waals surface area contributed by atoms with Gasteiger partial charge in [-0.15, -0.1) is 0 Å². The summed E-state index contributed by atoms with van der Waals surface area (Å²) >= 11 is 0. The summed E-state index contributed by atoms with van der Waals surface area (Å²) in [5.41, 5.74) is -0.107. The third-order valence-corrected chi connectivity index (χ3v) is 7.18. The molecule has 5 nitrogen and oxygen atoms in total. The van der Waals surface area contributed by atoms with E-state index in [9.17, 15) is 14.7 Å². The summed E-state index contributed by atoms with van der Waals surface area (Å²) in [6.45, 7) is 2.25. The lowest BCUT2D eigenvalue weighted by Gasteiger charge is -2.29. The highest BCUT2D eigenvalue weighted by Crippen LogP contribution is 2.54. The smallest absolute Gasteiger partial charge is 0.241 e. The van der Waals surface area contributed by atoms with Gasteiger partial charge in [0.2, 0.25) is 11.8 Å². The number of hydrogen-bond donors (Lipinski definition) is 1. The molecule has 3 heterocycles. The first-order chi connectivity index (χ1) is 15.1. The number of carbonyl (C=O) groups is 2. The molecule has 3 aliphatic heterocycles. The molecule has 4 unspecified atom stereocenters. The number of benzene rings is 1. The van der Waals surface area contributed by atoms with Crippen LogP contribution in [0.3, 0.4) is 0 Å². The van der Waals surface area contributed by atoms with Gasteiger partial charge >= 0.3 is 0 Å². The maximum absolute atomic E-state index is 13.3. The molecular weight excluding hydrogens is 390 g/mol. The molecule has 2 amide bonds. The molecule has 0 saturated carbocycles. The van der Waals surface area contributed by atoms with Crippen LogP contribution in [0.1, 0.15) is 77.6 Å². The van der Waals surface area contributed by atoms with Crippen molar-refractivity contribution in [2.24, 2.45) is 11.8 Å². The molecule has 2 bridgehead atoms. The van der Waals surface area contributed by atoms with Crippen molar-refractivity contribution in [1.82, 2.24) is 0 Å². The van der Waals surface area contributed by atoms with Crippen LogP contribution in [0.25, 0.3) is 0 Å². The zero-order chi connectivity index (χ0) is 21.8. The topological polar surface area (TPSA) is 66.8 Å². The number of rotatable bonds is 12. The number of imide groups is 1. The van der Waals surface area contributed by atoms with Crippen molar-refractivity contribution in [3.05, 3.63) is 36.4 Å². The lowest BCUT2D eigenvalue weighted by atomic mass is 9.74. The zero-order valence-electron chi connectivity index (χ0n) is 18.6. The highest BCUT2D eigenvalue weighted by atomic mass is 16.5. The van der Waals surface area contributed by atoms with Gasteiger partial charge in [-0.3, -0.25) is 9.59 Å². The predicted molar refractivity (Wildman–Crippen MR) is 121 cm³/mol. The summed E-state index contributed by atoms with van der Waals surface area (Å²) < 4.78 is 6.23. The van der Waals surface area contributed by atoms with E-state index in [1.165, 1.54) is 68.4 Å². The SMILES string of the molecule is CCCCCCCCCCCCC12C=CC(O1)C1C(=O)N(c3ccc(O)cc3)C(=O)C12. The van der Waals surface area contributed by atoms with Gasteiger partial charge in [-0.05, 0) is 30.7 Å². The van der Waals surface area contributed by atoms with Gasteiger partial charge < -0.3 is 9.84 Å². The average molecular weight is 426 g/mol. The van der Waals surface area contributed by atoms with E-state index in [1.807, 2.05) is 12.2 Å². The fraction of sp³-hybridized carbons (Fsp3) is 0.615. The molecule has 4 rings (SSSR count). The Kier molecular flexibility index (Phi) is 6.80. The normalized spacial score (nSPS) is 28.7. The van der Waals surface area contributed by atoms with Gasteiger partial charge in [0.05, 0.1) is 29.2 Å². The van der Waals surface area contributed by atoms with Crippen LogP contribution in [0.2, 0.25) is 0 Å². The van der Waals surface area contributed by atoms with Crippen molar-refractivity contribution < 1.29 is 19.4 Å². The molecule has 1 aromatic carbocycles. The number of carbonyl (C=O) groups excluding carboxylic acids is 2. The molecule has 3 aliphatic rings. The van der Waals surface area contributed by atoms with E-state index in [1.54, 1.807) is 12.1 Å². The molecule has 5 heteroatoms. The van der Waals surface area contributed by atoms with Gasteiger partial charge in [-0.2, -0.15) is 0 Å². The average Bonchev–Trinajstić information content (AvgIpc) is 3.40. The molecule has 31 heavy (non-hydrogen) atoms. The molecule has 2 saturated heterocycles. The fourth-order valence-corrected chi connectivity index (χ4v) is 5.54.